The summed E-state index contributed by atoms with van der Waals surface area (Å²) in [5.41, 5.74) is -0.304. The molecule has 7 heteroatoms. The van der Waals surface area contributed by atoms with Gasteiger partial charge in [0.05, 0.1) is 0 Å². The van der Waals surface area contributed by atoms with Gasteiger partial charge < -0.3 is 5.11 Å². The van der Waals surface area contributed by atoms with Crippen molar-refractivity contribution in [2.24, 2.45) is 0 Å². The number of hydrogen-bond acceptors (Lipinski definition) is 3. The number of nitrogens with zero attached hydrogens (tertiary/aromatic N) is 2. The molecule has 0 amide bonds. The van der Waals surface area contributed by atoms with Crippen molar-refractivity contribution in [2.45, 2.75) is 13.3 Å². The van der Waals surface area contributed by atoms with E-state index in [1.165, 1.54) is 6.08 Å². The number of hydrogen-bond donors (Lipinski definition) is 2. The molecule has 0 bridgehead atoms. The molecule has 0 radical (unpaired) electrons. The van der Waals surface area contributed by atoms with Crippen molar-refractivity contribution in [3.63, 3.8) is 0 Å². The van der Waals surface area contributed by atoms with Gasteiger partial charge in [0.2, 0.25) is 0 Å². The van der Waals surface area contributed by atoms with E-state index in [0.29, 0.717) is 0 Å². The zero-order valence-electron chi connectivity index (χ0n) is 9.57. The van der Waals surface area contributed by atoms with Crippen molar-refractivity contribution in [2.75, 3.05) is 0 Å². The molecule has 0 atom stereocenters. The number of nitrogens with one attached hydrogen (secondary N) is 1. The Hall–Kier alpha value is -2.31. The Morgan fingerprint density at radius 1 is 1.56 bits per heavy atom. The summed E-state index contributed by atoms with van der Waals surface area (Å²) in [7, 11) is 0. The van der Waals surface area contributed by atoms with Crippen LogP contribution in [0, 0.1) is 0 Å². The average molecular weight is 255 g/mol. The van der Waals surface area contributed by atoms with Crippen molar-refractivity contribution >= 4 is 5.97 Å². The molecule has 0 unspecified atom stereocenters. The van der Waals surface area contributed by atoms with Crippen molar-refractivity contribution in [1.29, 1.82) is 0 Å². The third-order valence-corrected chi connectivity index (χ3v) is 2.00. The van der Waals surface area contributed by atoms with E-state index in [9.17, 15) is 13.6 Å². The van der Waals surface area contributed by atoms with Gasteiger partial charge in [0.1, 0.15) is 17.5 Å². The highest BCUT2D eigenvalue weighted by molar-refractivity contribution is 5.82. The van der Waals surface area contributed by atoms with Crippen LogP contribution in [0.4, 0.5) is 8.78 Å². The van der Waals surface area contributed by atoms with Crippen LogP contribution in [0.3, 0.4) is 0 Å². The number of carboxylic acid groups (broad SMARTS) is 1. The molecule has 0 aliphatic heterocycles. The second kappa shape index (κ2) is 5.85. The van der Waals surface area contributed by atoms with Gasteiger partial charge >= 0.3 is 5.97 Å². The molecule has 0 aliphatic carbocycles. The SMILES string of the molecule is C=C(F)/C(Cc1nc(C(=O)O)n[nH]1)=C(F)\C=C/C. The molecule has 1 rings (SSSR count). The Morgan fingerprint density at radius 3 is 2.67 bits per heavy atom. The van der Waals surface area contributed by atoms with Crippen molar-refractivity contribution in [1.82, 2.24) is 15.2 Å². The van der Waals surface area contributed by atoms with Crippen LogP contribution in [-0.4, -0.2) is 26.3 Å². The lowest BCUT2D eigenvalue weighted by Crippen LogP contribution is -2.00. The van der Waals surface area contributed by atoms with Crippen LogP contribution in [0.25, 0.3) is 0 Å². The fourth-order valence-corrected chi connectivity index (χ4v) is 1.19. The number of carboxylic acids is 1. The van der Waals surface area contributed by atoms with Gasteiger partial charge in [-0.15, -0.1) is 5.10 Å². The molecule has 0 saturated heterocycles. The van der Waals surface area contributed by atoms with Crippen molar-refractivity contribution in [3.05, 3.63) is 47.6 Å². The van der Waals surface area contributed by atoms with E-state index < -0.39 is 23.4 Å². The van der Waals surface area contributed by atoms with Gasteiger partial charge in [0.15, 0.2) is 0 Å². The number of H-pyrrole nitrogens is 1. The predicted octanol–water partition coefficient (Wildman–Crippen LogP) is 2.33. The maximum absolute atomic E-state index is 13.5. The van der Waals surface area contributed by atoms with Gasteiger partial charge in [0, 0.05) is 12.0 Å². The lowest BCUT2D eigenvalue weighted by molar-refractivity contribution is 0.0684. The van der Waals surface area contributed by atoms with Crippen molar-refractivity contribution < 1.29 is 18.7 Å². The molecule has 0 fully saturated rings. The Kier molecular flexibility index (Phi) is 4.47. The Morgan fingerprint density at radius 2 is 2.22 bits per heavy atom. The maximum atomic E-state index is 13.5. The number of rotatable bonds is 5. The molecule has 5 nitrogen and oxygen atoms in total. The van der Waals surface area contributed by atoms with E-state index in [2.05, 4.69) is 21.8 Å². The fourth-order valence-electron chi connectivity index (χ4n) is 1.19. The summed E-state index contributed by atoms with van der Waals surface area (Å²) >= 11 is 0. The quantitative estimate of drug-likeness (QED) is 0.791. The maximum Gasteiger partial charge on any atom is 0.375 e. The lowest BCUT2D eigenvalue weighted by Gasteiger charge is -2.02. The topological polar surface area (TPSA) is 78.9 Å². The van der Waals surface area contributed by atoms with Crippen molar-refractivity contribution in [3.8, 4) is 0 Å². The van der Waals surface area contributed by atoms with Crippen LogP contribution < -0.4 is 0 Å². The third kappa shape index (κ3) is 3.34. The first-order valence-electron chi connectivity index (χ1n) is 4.96. The van der Waals surface area contributed by atoms with Gasteiger partial charge in [-0.1, -0.05) is 12.7 Å². The minimum Gasteiger partial charge on any atom is -0.475 e. The summed E-state index contributed by atoms with van der Waals surface area (Å²) < 4.78 is 26.6. The highest BCUT2D eigenvalue weighted by Gasteiger charge is 2.15. The minimum absolute atomic E-state index is 0.0425. The Labute approximate surface area is 102 Å². The lowest BCUT2D eigenvalue weighted by atomic mass is 10.1. The number of carbonyl (C=O) groups is 1. The first-order chi connectivity index (χ1) is 8.45. The normalized spacial score (nSPS) is 12.6. The number of halogens is 2. The molecule has 0 aromatic carbocycles. The molecule has 0 saturated carbocycles. The van der Waals surface area contributed by atoms with E-state index in [1.54, 1.807) is 6.92 Å². The van der Waals surface area contributed by atoms with E-state index in [0.717, 1.165) is 6.08 Å². The van der Waals surface area contributed by atoms with Gasteiger partial charge in [-0.05, 0) is 13.0 Å². The standard InChI is InChI=1S/C11H11F2N3O2/c1-3-4-8(13)7(6(2)12)5-9-14-10(11(17)18)16-15-9/h3-4H,2,5H2,1H3,(H,17,18)(H,14,15,16)/b4-3-,8-7+. The third-order valence-electron chi connectivity index (χ3n) is 2.00. The molecule has 2 N–H and O–H groups in total. The zero-order valence-corrected chi connectivity index (χ0v) is 9.57. The summed E-state index contributed by atoms with van der Waals surface area (Å²) in [6.45, 7) is 4.60. The molecule has 0 aliphatic rings. The molecular formula is C11H11F2N3O2. The second-order valence-electron chi connectivity index (χ2n) is 3.32. The van der Waals surface area contributed by atoms with Crippen LogP contribution in [0.2, 0.25) is 0 Å². The Balaban J connectivity index is 3.01. The highest BCUT2D eigenvalue weighted by atomic mass is 19.1. The van der Waals surface area contributed by atoms with E-state index >= 15 is 0 Å². The predicted molar refractivity (Wildman–Crippen MR) is 60.2 cm³/mol. The van der Waals surface area contributed by atoms with Gasteiger partial charge in [-0.25, -0.2) is 18.6 Å². The van der Waals surface area contributed by atoms with Crippen LogP contribution in [0.15, 0.2) is 36.0 Å². The molecule has 1 aromatic heterocycles. The fraction of sp³-hybridized carbons (Fsp3) is 0.182. The van der Waals surface area contributed by atoms with Crippen LogP contribution in [0.1, 0.15) is 23.4 Å². The summed E-state index contributed by atoms with van der Waals surface area (Å²) in [6, 6.07) is 0. The average Bonchev–Trinajstić information content (AvgIpc) is 2.74. The summed E-state index contributed by atoms with van der Waals surface area (Å²) in [5.74, 6) is -3.48. The smallest absolute Gasteiger partial charge is 0.375 e. The molecule has 1 aromatic rings. The van der Waals surface area contributed by atoms with E-state index in [1.807, 2.05) is 0 Å². The summed E-state index contributed by atoms with van der Waals surface area (Å²) in [5, 5.41) is 14.3. The summed E-state index contributed by atoms with van der Waals surface area (Å²) in [6.07, 6.45) is 2.22. The number of allylic oxidation sites excluding steroid dienone is 5. The number of aromatic amines is 1. The highest BCUT2D eigenvalue weighted by Crippen LogP contribution is 2.20. The largest absolute Gasteiger partial charge is 0.475 e. The van der Waals surface area contributed by atoms with Crippen LogP contribution in [0.5, 0.6) is 0 Å². The first kappa shape index (κ1) is 13.8. The monoisotopic (exact) mass is 255 g/mol. The molecular weight excluding hydrogens is 244 g/mol. The molecule has 96 valence electrons. The van der Waals surface area contributed by atoms with Gasteiger partial charge in [-0.3, -0.25) is 5.10 Å². The van der Waals surface area contributed by atoms with Crippen LogP contribution >= 0.6 is 0 Å². The van der Waals surface area contributed by atoms with Crippen LogP contribution in [-0.2, 0) is 6.42 Å². The van der Waals surface area contributed by atoms with Gasteiger partial charge in [-0.2, -0.15) is 0 Å². The number of aromatic nitrogens is 3. The molecule has 18 heavy (non-hydrogen) atoms. The van der Waals surface area contributed by atoms with E-state index in [-0.39, 0.29) is 17.8 Å². The number of aromatic carboxylic acids is 1. The first-order valence-corrected chi connectivity index (χ1v) is 4.96. The second-order valence-corrected chi connectivity index (χ2v) is 3.32. The summed E-state index contributed by atoms with van der Waals surface area (Å²) in [4.78, 5) is 14.1. The zero-order chi connectivity index (χ0) is 13.7. The Bertz CT molecular complexity index is 532. The molecule has 1 heterocycles. The molecule has 0 spiro atoms. The van der Waals surface area contributed by atoms with E-state index in [4.69, 9.17) is 5.11 Å². The van der Waals surface area contributed by atoms with Gasteiger partial charge in [0.25, 0.3) is 5.82 Å². The minimum atomic E-state index is -1.32.